The molecule has 1 rings (SSSR count). The molecule has 1 aromatic rings. The largest absolute Gasteiger partial charge is 0.380 e. The van der Waals surface area contributed by atoms with Crippen molar-refractivity contribution in [3.05, 3.63) is 48.6 Å². The Labute approximate surface area is 88.4 Å². The van der Waals surface area contributed by atoms with Gasteiger partial charge >= 0.3 is 0 Å². The van der Waals surface area contributed by atoms with E-state index in [-0.39, 0.29) is 0 Å². The Balaban J connectivity index is 0. The molecule has 1 aromatic carbocycles. The summed E-state index contributed by atoms with van der Waals surface area (Å²) < 4.78 is 4.93. The van der Waals surface area contributed by atoms with Crippen LogP contribution in [0.4, 0.5) is 0 Å². The van der Waals surface area contributed by atoms with Gasteiger partial charge < -0.3 is 4.74 Å². The first-order valence-corrected chi connectivity index (χ1v) is 4.95. The summed E-state index contributed by atoms with van der Waals surface area (Å²) in [6.07, 6.45) is 1.75. The molecule has 0 aliphatic rings. The Hall–Kier alpha value is -1.08. The summed E-state index contributed by atoms with van der Waals surface area (Å²) in [6, 6.07) is 10.1. The highest BCUT2D eigenvalue weighted by Crippen LogP contribution is 1.98. The molecule has 0 saturated heterocycles. The molecule has 1 nitrogen and oxygen atoms in total. The average Bonchev–Trinajstić information content (AvgIpc) is 2.24. The smallest absolute Gasteiger partial charge is 0.0713 e. The molecule has 0 aliphatic carbocycles. The van der Waals surface area contributed by atoms with E-state index < -0.39 is 0 Å². The number of rotatable bonds is 2. The van der Waals surface area contributed by atoms with Gasteiger partial charge in [0.15, 0.2) is 0 Å². The van der Waals surface area contributed by atoms with Crippen molar-refractivity contribution in [2.24, 2.45) is 0 Å². The summed E-state index contributed by atoms with van der Waals surface area (Å²) in [7, 11) is 1.70. The lowest BCUT2D eigenvalue weighted by Crippen LogP contribution is -1.84. The van der Waals surface area contributed by atoms with Crippen molar-refractivity contribution in [3.63, 3.8) is 0 Å². The highest BCUT2D eigenvalue weighted by Gasteiger charge is 1.84. The van der Waals surface area contributed by atoms with Gasteiger partial charge in [-0.3, -0.25) is 0 Å². The van der Waals surface area contributed by atoms with Gasteiger partial charge in [0.2, 0.25) is 0 Å². The predicted octanol–water partition coefficient (Wildman–Crippen LogP) is 4.05. The molecule has 0 heterocycles. The molecular weight excluding hydrogens is 172 g/mol. The van der Waals surface area contributed by atoms with Crippen LogP contribution in [0.25, 0.3) is 0 Å². The molecule has 0 aliphatic heterocycles. The van der Waals surface area contributed by atoms with Crippen molar-refractivity contribution in [1.82, 2.24) is 0 Å². The molecule has 0 unspecified atom stereocenters. The monoisotopic (exact) mass is 194 g/mol. The molecule has 0 N–H and O–H groups in total. The standard InChI is InChI=1S/C8H10O.C3H6.C2H6/c1-9-7-8-5-3-2-4-6-8;1-3-2;1-2/h2-6H,7H2,1H3;3H,1H2,2H3;1-2H3. The van der Waals surface area contributed by atoms with Gasteiger partial charge in [-0.1, -0.05) is 50.3 Å². The van der Waals surface area contributed by atoms with Crippen LogP contribution in [0.5, 0.6) is 0 Å². The molecule has 80 valence electrons. The zero-order valence-electron chi connectivity index (χ0n) is 9.79. The minimum Gasteiger partial charge on any atom is -0.380 e. The SMILES string of the molecule is C=CC.CC.COCc1ccccc1. The van der Waals surface area contributed by atoms with Crippen molar-refractivity contribution < 1.29 is 4.74 Å². The van der Waals surface area contributed by atoms with E-state index in [1.54, 1.807) is 13.2 Å². The maximum Gasteiger partial charge on any atom is 0.0713 e. The third-order valence-electron chi connectivity index (χ3n) is 1.15. The van der Waals surface area contributed by atoms with Gasteiger partial charge in [0.1, 0.15) is 0 Å². The van der Waals surface area contributed by atoms with E-state index in [2.05, 4.69) is 6.58 Å². The first-order chi connectivity index (χ1) is 6.85. The van der Waals surface area contributed by atoms with E-state index in [1.165, 1.54) is 5.56 Å². The summed E-state index contributed by atoms with van der Waals surface area (Å²) >= 11 is 0. The molecule has 0 bridgehead atoms. The van der Waals surface area contributed by atoms with Gasteiger partial charge in [0.25, 0.3) is 0 Å². The highest BCUT2D eigenvalue weighted by atomic mass is 16.5. The fourth-order valence-corrected chi connectivity index (χ4v) is 0.741. The summed E-state index contributed by atoms with van der Waals surface area (Å²) in [5.41, 5.74) is 1.22. The maximum absolute atomic E-state index is 4.93. The maximum atomic E-state index is 4.93. The summed E-state index contributed by atoms with van der Waals surface area (Å²) in [6.45, 7) is 9.96. The Morgan fingerprint density at radius 1 is 1.21 bits per heavy atom. The minimum absolute atomic E-state index is 0.709. The van der Waals surface area contributed by atoms with Crippen LogP contribution in [0.15, 0.2) is 43.0 Å². The molecule has 0 fully saturated rings. The number of ether oxygens (including phenoxy) is 1. The molecule has 0 radical (unpaired) electrons. The van der Waals surface area contributed by atoms with E-state index >= 15 is 0 Å². The van der Waals surface area contributed by atoms with Crippen LogP contribution in [0.3, 0.4) is 0 Å². The molecule has 0 amide bonds. The summed E-state index contributed by atoms with van der Waals surface area (Å²) in [4.78, 5) is 0. The third kappa shape index (κ3) is 10.9. The van der Waals surface area contributed by atoms with E-state index in [4.69, 9.17) is 4.74 Å². The van der Waals surface area contributed by atoms with Gasteiger partial charge in [-0.25, -0.2) is 0 Å². The van der Waals surface area contributed by atoms with Crippen molar-refractivity contribution in [2.75, 3.05) is 7.11 Å². The van der Waals surface area contributed by atoms with Crippen molar-refractivity contribution >= 4 is 0 Å². The van der Waals surface area contributed by atoms with Crippen LogP contribution >= 0.6 is 0 Å². The lowest BCUT2D eigenvalue weighted by Gasteiger charge is -1.95. The first kappa shape index (κ1) is 15.4. The topological polar surface area (TPSA) is 9.23 Å². The molecular formula is C13H22O. The van der Waals surface area contributed by atoms with Crippen LogP contribution in [-0.4, -0.2) is 7.11 Å². The van der Waals surface area contributed by atoms with E-state index in [9.17, 15) is 0 Å². The average molecular weight is 194 g/mol. The van der Waals surface area contributed by atoms with Crippen LogP contribution in [0.2, 0.25) is 0 Å². The van der Waals surface area contributed by atoms with Crippen molar-refractivity contribution in [2.45, 2.75) is 27.4 Å². The predicted molar refractivity (Wildman–Crippen MR) is 64.4 cm³/mol. The normalized spacial score (nSPS) is 7.43. The highest BCUT2D eigenvalue weighted by molar-refractivity contribution is 5.13. The number of benzene rings is 1. The van der Waals surface area contributed by atoms with Gasteiger partial charge in [0, 0.05) is 7.11 Å². The van der Waals surface area contributed by atoms with Gasteiger partial charge in [0.05, 0.1) is 6.61 Å². The first-order valence-electron chi connectivity index (χ1n) is 4.95. The number of hydrogen-bond acceptors (Lipinski definition) is 1. The third-order valence-corrected chi connectivity index (χ3v) is 1.15. The molecule has 0 atom stereocenters. The molecule has 0 saturated carbocycles. The lowest BCUT2D eigenvalue weighted by molar-refractivity contribution is 0.185. The second-order valence-corrected chi connectivity index (χ2v) is 2.33. The van der Waals surface area contributed by atoms with E-state index in [0.29, 0.717) is 6.61 Å². The fourth-order valence-electron chi connectivity index (χ4n) is 0.741. The second kappa shape index (κ2) is 14.4. The molecule has 14 heavy (non-hydrogen) atoms. The molecule has 1 heteroatoms. The van der Waals surface area contributed by atoms with Crippen molar-refractivity contribution in [3.8, 4) is 0 Å². The van der Waals surface area contributed by atoms with Crippen LogP contribution in [0.1, 0.15) is 26.3 Å². The van der Waals surface area contributed by atoms with Gasteiger partial charge in [-0.15, -0.1) is 6.58 Å². The second-order valence-electron chi connectivity index (χ2n) is 2.33. The zero-order chi connectivity index (χ0) is 11.2. The van der Waals surface area contributed by atoms with Crippen LogP contribution in [-0.2, 0) is 11.3 Å². The Bertz CT molecular complexity index is 192. The Kier molecular flexibility index (Phi) is 15.9. The van der Waals surface area contributed by atoms with E-state index in [1.807, 2.05) is 51.1 Å². The number of methoxy groups -OCH3 is 1. The molecule has 0 spiro atoms. The van der Waals surface area contributed by atoms with Crippen LogP contribution in [0, 0.1) is 0 Å². The zero-order valence-corrected chi connectivity index (χ0v) is 9.79. The van der Waals surface area contributed by atoms with Gasteiger partial charge in [-0.05, 0) is 12.5 Å². The summed E-state index contributed by atoms with van der Waals surface area (Å²) in [5, 5.41) is 0. The van der Waals surface area contributed by atoms with Crippen LogP contribution < -0.4 is 0 Å². The number of hydrogen-bond donors (Lipinski definition) is 0. The lowest BCUT2D eigenvalue weighted by atomic mass is 10.2. The Morgan fingerprint density at radius 2 is 1.64 bits per heavy atom. The van der Waals surface area contributed by atoms with Gasteiger partial charge in [-0.2, -0.15) is 0 Å². The van der Waals surface area contributed by atoms with E-state index in [0.717, 1.165) is 0 Å². The quantitative estimate of drug-likeness (QED) is 0.645. The fraction of sp³-hybridized carbons (Fsp3) is 0.385. The summed E-state index contributed by atoms with van der Waals surface area (Å²) in [5.74, 6) is 0. The Morgan fingerprint density at radius 3 is 2.00 bits per heavy atom. The minimum atomic E-state index is 0.709. The number of allylic oxidation sites excluding steroid dienone is 1. The van der Waals surface area contributed by atoms with Crippen molar-refractivity contribution in [1.29, 1.82) is 0 Å². The molecule has 0 aromatic heterocycles.